The SMILES string of the molecule is O=C(O)CCCC=CC[C@H]1COC[C@H]1CCOc1ccccc1. The molecule has 1 aliphatic heterocycles. The van der Waals surface area contributed by atoms with Gasteiger partial charge in [0.25, 0.3) is 0 Å². The number of aliphatic carboxylic acids is 1. The smallest absolute Gasteiger partial charge is 0.303 e. The van der Waals surface area contributed by atoms with Crippen LogP contribution in [0.4, 0.5) is 0 Å². The number of allylic oxidation sites excluding steroid dienone is 2. The van der Waals surface area contributed by atoms with Gasteiger partial charge in [0.15, 0.2) is 0 Å². The Balaban J connectivity index is 1.62. The van der Waals surface area contributed by atoms with Crippen molar-refractivity contribution in [2.45, 2.75) is 32.1 Å². The average Bonchev–Trinajstić information content (AvgIpc) is 2.99. The molecular formula is C19H26O4. The molecule has 4 heteroatoms. The zero-order chi connectivity index (χ0) is 16.3. The lowest BCUT2D eigenvalue weighted by Gasteiger charge is -2.16. The Morgan fingerprint density at radius 2 is 2.00 bits per heavy atom. The number of ether oxygens (including phenoxy) is 2. The molecule has 126 valence electrons. The first kappa shape index (κ1) is 17.5. The Morgan fingerprint density at radius 1 is 1.22 bits per heavy atom. The Kier molecular flexibility index (Phi) is 7.67. The lowest BCUT2D eigenvalue weighted by Crippen LogP contribution is -2.15. The first-order chi connectivity index (χ1) is 11.3. The van der Waals surface area contributed by atoms with Crippen molar-refractivity contribution in [2.75, 3.05) is 19.8 Å². The van der Waals surface area contributed by atoms with E-state index >= 15 is 0 Å². The van der Waals surface area contributed by atoms with Crippen LogP contribution >= 0.6 is 0 Å². The van der Waals surface area contributed by atoms with Crippen molar-refractivity contribution < 1.29 is 19.4 Å². The van der Waals surface area contributed by atoms with Crippen molar-refractivity contribution in [3.8, 4) is 5.75 Å². The number of carboxylic acid groups (broad SMARTS) is 1. The fourth-order valence-electron chi connectivity index (χ4n) is 2.83. The van der Waals surface area contributed by atoms with Gasteiger partial charge in [-0.05, 0) is 49.7 Å². The van der Waals surface area contributed by atoms with Crippen molar-refractivity contribution in [3.63, 3.8) is 0 Å². The molecule has 1 aromatic carbocycles. The second-order valence-electron chi connectivity index (χ2n) is 6.00. The van der Waals surface area contributed by atoms with Gasteiger partial charge in [0, 0.05) is 13.0 Å². The predicted molar refractivity (Wildman–Crippen MR) is 89.6 cm³/mol. The zero-order valence-electron chi connectivity index (χ0n) is 13.5. The van der Waals surface area contributed by atoms with Crippen LogP contribution in [-0.4, -0.2) is 30.9 Å². The molecule has 0 aliphatic carbocycles. The Bertz CT molecular complexity index is 483. The summed E-state index contributed by atoms with van der Waals surface area (Å²) < 4.78 is 11.4. The van der Waals surface area contributed by atoms with Gasteiger partial charge < -0.3 is 14.6 Å². The van der Waals surface area contributed by atoms with E-state index in [1.54, 1.807) is 0 Å². The summed E-state index contributed by atoms with van der Waals surface area (Å²) in [4.78, 5) is 10.4. The number of hydrogen-bond donors (Lipinski definition) is 1. The van der Waals surface area contributed by atoms with Crippen molar-refractivity contribution in [3.05, 3.63) is 42.5 Å². The van der Waals surface area contributed by atoms with Gasteiger partial charge in [-0.3, -0.25) is 4.79 Å². The highest BCUT2D eigenvalue weighted by Gasteiger charge is 2.26. The minimum absolute atomic E-state index is 0.246. The van der Waals surface area contributed by atoms with E-state index in [-0.39, 0.29) is 6.42 Å². The van der Waals surface area contributed by atoms with Crippen LogP contribution < -0.4 is 4.74 Å². The van der Waals surface area contributed by atoms with Crippen LogP contribution in [0.15, 0.2) is 42.5 Å². The number of carbonyl (C=O) groups is 1. The number of rotatable bonds is 10. The van der Waals surface area contributed by atoms with Gasteiger partial charge in [-0.2, -0.15) is 0 Å². The molecule has 0 radical (unpaired) electrons. The summed E-state index contributed by atoms with van der Waals surface area (Å²) >= 11 is 0. The molecule has 0 aromatic heterocycles. The molecule has 0 saturated carbocycles. The number of carboxylic acids is 1. The summed E-state index contributed by atoms with van der Waals surface area (Å²) in [6.45, 7) is 2.35. The Labute approximate surface area is 138 Å². The van der Waals surface area contributed by atoms with E-state index in [9.17, 15) is 4.79 Å². The third kappa shape index (κ3) is 6.87. The van der Waals surface area contributed by atoms with Crippen LogP contribution in [0, 0.1) is 11.8 Å². The maximum atomic E-state index is 10.4. The molecule has 1 N–H and O–H groups in total. The second-order valence-corrected chi connectivity index (χ2v) is 6.00. The third-order valence-corrected chi connectivity index (χ3v) is 4.20. The van der Waals surface area contributed by atoms with Crippen LogP contribution in [0.2, 0.25) is 0 Å². The standard InChI is InChI=1S/C19H26O4/c20-19(21)11-7-2-1-4-8-16-14-22-15-17(16)12-13-23-18-9-5-3-6-10-18/h1,3-6,9-10,16-17H,2,7-8,11-15H2,(H,20,21)/t16-,17+/m0/s1. The first-order valence-corrected chi connectivity index (χ1v) is 8.38. The molecule has 1 fully saturated rings. The van der Waals surface area contributed by atoms with Gasteiger partial charge in [-0.1, -0.05) is 30.4 Å². The molecule has 4 nitrogen and oxygen atoms in total. The summed E-state index contributed by atoms with van der Waals surface area (Å²) in [6.07, 6.45) is 8.07. The highest BCUT2D eigenvalue weighted by Crippen LogP contribution is 2.27. The van der Waals surface area contributed by atoms with Gasteiger partial charge in [-0.15, -0.1) is 0 Å². The van der Waals surface area contributed by atoms with E-state index in [4.69, 9.17) is 14.6 Å². The summed E-state index contributed by atoms with van der Waals surface area (Å²) in [5.74, 6) is 1.29. The Hall–Kier alpha value is -1.81. The second kappa shape index (κ2) is 10.1. The molecule has 2 atom stereocenters. The van der Waals surface area contributed by atoms with E-state index in [1.165, 1.54) is 0 Å². The van der Waals surface area contributed by atoms with Crippen LogP contribution in [0.25, 0.3) is 0 Å². The van der Waals surface area contributed by atoms with E-state index in [0.717, 1.165) is 44.8 Å². The fraction of sp³-hybridized carbons (Fsp3) is 0.526. The minimum Gasteiger partial charge on any atom is -0.494 e. The van der Waals surface area contributed by atoms with Gasteiger partial charge in [-0.25, -0.2) is 0 Å². The van der Waals surface area contributed by atoms with Crippen LogP contribution in [0.5, 0.6) is 5.75 Å². The third-order valence-electron chi connectivity index (χ3n) is 4.20. The summed E-state index contributed by atoms with van der Waals surface area (Å²) in [6, 6.07) is 9.89. The first-order valence-electron chi connectivity index (χ1n) is 8.38. The average molecular weight is 318 g/mol. The van der Waals surface area contributed by atoms with E-state index in [1.807, 2.05) is 30.3 Å². The van der Waals surface area contributed by atoms with E-state index in [0.29, 0.717) is 18.3 Å². The molecule has 0 spiro atoms. The van der Waals surface area contributed by atoms with Crippen molar-refractivity contribution >= 4 is 5.97 Å². The lowest BCUT2D eigenvalue weighted by molar-refractivity contribution is -0.137. The molecule has 1 heterocycles. The fourth-order valence-corrected chi connectivity index (χ4v) is 2.83. The molecule has 0 unspecified atom stereocenters. The van der Waals surface area contributed by atoms with Gasteiger partial charge in [0.2, 0.25) is 0 Å². The van der Waals surface area contributed by atoms with Gasteiger partial charge >= 0.3 is 5.97 Å². The van der Waals surface area contributed by atoms with E-state index < -0.39 is 5.97 Å². The van der Waals surface area contributed by atoms with Gasteiger partial charge in [0.1, 0.15) is 5.75 Å². The van der Waals surface area contributed by atoms with Crippen LogP contribution in [0.1, 0.15) is 32.1 Å². The predicted octanol–water partition coefficient (Wildman–Crippen LogP) is 3.92. The Morgan fingerprint density at radius 3 is 2.78 bits per heavy atom. The van der Waals surface area contributed by atoms with Gasteiger partial charge in [0.05, 0.1) is 13.2 Å². The minimum atomic E-state index is -0.721. The van der Waals surface area contributed by atoms with Crippen molar-refractivity contribution in [2.24, 2.45) is 11.8 Å². The van der Waals surface area contributed by atoms with Crippen molar-refractivity contribution in [1.29, 1.82) is 0 Å². The maximum Gasteiger partial charge on any atom is 0.303 e. The zero-order valence-corrected chi connectivity index (χ0v) is 13.5. The number of hydrogen-bond acceptors (Lipinski definition) is 3. The molecule has 0 bridgehead atoms. The lowest BCUT2D eigenvalue weighted by atomic mass is 9.90. The molecule has 1 saturated heterocycles. The molecule has 2 rings (SSSR count). The summed E-state index contributed by atoms with van der Waals surface area (Å²) in [5, 5.41) is 8.59. The van der Waals surface area contributed by atoms with Crippen LogP contribution in [-0.2, 0) is 9.53 Å². The van der Waals surface area contributed by atoms with Crippen LogP contribution in [0.3, 0.4) is 0 Å². The highest BCUT2D eigenvalue weighted by atomic mass is 16.5. The largest absolute Gasteiger partial charge is 0.494 e. The summed E-state index contributed by atoms with van der Waals surface area (Å²) in [5.41, 5.74) is 0. The maximum absolute atomic E-state index is 10.4. The number of benzene rings is 1. The molecule has 0 amide bonds. The highest BCUT2D eigenvalue weighted by molar-refractivity contribution is 5.66. The number of unbranched alkanes of at least 4 members (excludes halogenated alkanes) is 1. The topological polar surface area (TPSA) is 55.8 Å². The normalized spacial score (nSPS) is 20.9. The monoisotopic (exact) mass is 318 g/mol. The molecule has 1 aromatic rings. The molecule has 23 heavy (non-hydrogen) atoms. The molecular weight excluding hydrogens is 292 g/mol. The summed E-state index contributed by atoms with van der Waals surface area (Å²) in [7, 11) is 0. The van der Waals surface area contributed by atoms with E-state index in [2.05, 4.69) is 12.2 Å². The quantitative estimate of drug-likeness (QED) is 0.525. The number of para-hydroxylation sites is 1. The van der Waals surface area contributed by atoms with Crippen molar-refractivity contribution in [1.82, 2.24) is 0 Å². The molecule has 1 aliphatic rings.